The van der Waals surface area contributed by atoms with Crippen molar-refractivity contribution in [2.75, 3.05) is 13.1 Å². The van der Waals surface area contributed by atoms with Crippen molar-refractivity contribution in [3.8, 4) is 0 Å². The van der Waals surface area contributed by atoms with Gasteiger partial charge in [-0.15, -0.1) is 0 Å². The maximum Gasteiger partial charge on any atom is 0.239 e. The predicted octanol–water partition coefficient (Wildman–Crippen LogP) is 2.42. The van der Waals surface area contributed by atoms with E-state index in [4.69, 9.17) is 34.5 Å². The highest BCUT2D eigenvalue weighted by atomic mass is 35.5. The summed E-state index contributed by atoms with van der Waals surface area (Å²) in [4.78, 5) is 13.9. The van der Waals surface area contributed by atoms with Gasteiger partial charge in [-0.25, -0.2) is 0 Å². The van der Waals surface area contributed by atoms with Crippen molar-refractivity contribution in [1.29, 1.82) is 0 Å². The van der Waals surface area contributed by atoms with Crippen LogP contribution < -0.4 is 11.1 Å². The molecule has 0 radical (unpaired) electrons. The van der Waals surface area contributed by atoms with Crippen LogP contribution in [0.3, 0.4) is 0 Å². The summed E-state index contributed by atoms with van der Waals surface area (Å²) in [6, 6.07) is 4.11. The topological polar surface area (TPSA) is 104 Å². The van der Waals surface area contributed by atoms with E-state index in [0.29, 0.717) is 22.2 Å². The van der Waals surface area contributed by atoms with Gasteiger partial charge in [-0.3, -0.25) is 4.79 Å². The lowest BCUT2D eigenvalue weighted by Gasteiger charge is -2.15. The Kier molecular flexibility index (Phi) is 5.74. The number of nitrogens with one attached hydrogen (secondary N) is 1. The smallest absolute Gasteiger partial charge is 0.239 e. The summed E-state index contributed by atoms with van der Waals surface area (Å²) in [6.45, 7) is 0.555. The molecule has 96 valence electrons. The highest BCUT2D eigenvalue weighted by molar-refractivity contribution is 6.42. The quantitative estimate of drug-likeness (QED) is 0.363. The lowest BCUT2D eigenvalue weighted by atomic mass is 10.1. The van der Waals surface area contributed by atoms with E-state index in [9.17, 15) is 4.79 Å². The number of rotatable bonds is 6. The van der Waals surface area contributed by atoms with Crippen molar-refractivity contribution in [2.24, 2.45) is 10.8 Å². The van der Waals surface area contributed by atoms with E-state index in [1.165, 1.54) is 0 Å². The van der Waals surface area contributed by atoms with Gasteiger partial charge in [-0.1, -0.05) is 34.4 Å². The molecule has 0 aromatic heterocycles. The molecule has 0 aliphatic carbocycles. The number of amides is 1. The standard InChI is InChI=1S/C10H11Cl2N5O/c11-7-2-1-6(5-8(7)12)9(10(13)18)15-3-4-16-17-14/h1-2,5,9,15H,3-4H2,(H2,13,18). The average molecular weight is 288 g/mol. The Hall–Kier alpha value is -1.46. The number of carbonyl (C=O) groups is 1. The number of primary amides is 1. The molecule has 0 fully saturated rings. The highest BCUT2D eigenvalue weighted by Crippen LogP contribution is 2.25. The van der Waals surface area contributed by atoms with E-state index in [0.717, 1.165) is 0 Å². The summed E-state index contributed by atoms with van der Waals surface area (Å²) in [5.74, 6) is -0.547. The van der Waals surface area contributed by atoms with Gasteiger partial charge in [0.15, 0.2) is 0 Å². The number of nitrogens with two attached hydrogens (primary N) is 1. The molecule has 0 heterocycles. The van der Waals surface area contributed by atoms with E-state index >= 15 is 0 Å². The highest BCUT2D eigenvalue weighted by Gasteiger charge is 2.17. The fourth-order valence-corrected chi connectivity index (χ4v) is 1.68. The second-order valence-corrected chi connectivity index (χ2v) is 4.23. The first-order chi connectivity index (χ1) is 8.56. The largest absolute Gasteiger partial charge is 0.368 e. The molecule has 3 N–H and O–H groups in total. The van der Waals surface area contributed by atoms with Crippen LogP contribution in [0.2, 0.25) is 10.0 Å². The summed E-state index contributed by atoms with van der Waals surface area (Å²) in [5.41, 5.74) is 14.0. The Morgan fingerprint density at radius 3 is 2.78 bits per heavy atom. The van der Waals surface area contributed by atoms with Crippen molar-refractivity contribution < 1.29 is 4.79 Å². The molecule has 1 unspecified atom stereocenters. The third-order valence-corrected chi connectivity index (χ3v) is 2.92. The molecule has 18 heavy (non-hydrogen) atoms. The minimum atomic E-state index is -0.700. The monoisotopic (exact) mass is 287 g/mol. The van der Waals surface area contributed by atoms with Gasteiger partial charge in [0.2, 0.25) is 5.91 Å². The van der Waals surface area contributed by atoms with Crippen LogP contribution in [-0.4, -0.2) is 19.0 Å². The molecule has 0 saturated heterocycles. The van der Waals surface area contributed by atoms with Gasteiger partial charge in [-0.2, -0.15) is 0 Å². The van der Waals surface area contributed by atoms with Crippen molar-refractivity contribution in [3.05, 3.63) is 44.3 Å². The van der Waals surface area contributed by atoms with Crippen LogP contribution in [-0.2, 0) is 4.79 Å². The van der Waals surface area contributed by atoms with E-state index in [2.05, 4.69) is 15.3 Å². The summed E-state index contributed by atoms with van der Waals surface area (Å²) in [6.07, 6.45) is 0. The molecule has 0 spiro atoms. The maximum absolute atomic E-state index is 11.3. The number of carbonyl (C=O) groups excluding carboxylic acids is 1. The number of hydrogen-bond donors (Lipinski definition) is 2. The molecule has 0 saturated carbocycles. The summed E-state index contributed by atoms with van der Waals surface area (Å²) < 4.78 is 0. The van der Waals surface area contributed by atoms with Crippen LogP contribution in [0, 0.1) is 0 Å². The second-order valence-electron chi connectivity index (χ2n) is 3.42. The molecule has 1 rings (SSSR count). The number of nitrogens with zero attached hydrogens (tertiary/aromatic N) is 3. The van der Waals surface area contributed by atoms with Gasteiger partial charge < -0.3 is 11.1 Å². The molecule has 1 amide bonds. The fraction of sp³-hybridized carbons (Fsp3) is 0.300. The molecular formula is C10H11Cl2N5O. The van der Waals surface area contributed by atoms with Crippen LogP contribution in [0.4, 0.5) is 0 Å². The first-order valence-electron chi connectivity index (χ1n) is 5.04. The van der Waals surface area contributed by atoms with Crippen LogP contribution in [0.1, 0.15) is 11.6 Å². The zero-order chi connectivity index (χ0) is 13.5. The maximum atomic E-state index is 11.3. The molecule has 0 bridgehead atoms. The van der Waals surface area contributed by atoms with Gasteiger partial charge in [0.05, 0.1) is 10.0 Å². The molecule has 8 heteroatoms. The molecule has 0 aliphatic heterocycles. The molecule has 0 aliphatic rings. The zero-order valence-corrected chi connectivity index (χ0v) is 10.8. The minimum absolute atomic E-state index is 0.224. The fourth-order valence-electron chi connectivity index (χ4n) is 1.38. The molecule has 1 atom stereocenters. The van der Waals surface area contributed by atoms with E-state index in [-0.39, 0.29) is 6.54 Å². The van der Waals surface area contributed by atoms with Gasteiger partial charge in [0.1, 0.15) is 6.04 Å². The van der Waals surface area contributed by atoms with E-state index < -0.39 is 11.9 Å². The van der Waals surface area contributed by atoms with Gasteiger partial charge in [0.25, 0.3) is 0 Å². The molecular weight excluding hydrogens is 277 g/mol. The van der Waals surface area contributed by atoms with Crippen molar-refractivity contribution in [1.82, 2.24) is 5.32 Å². The van der Waals surface area contributed by atoms with Crippen molar-refractivity contribution >= 4 is 29.1 Å². The van der Waals surface area contributed by atoms with E-state index in [1.807, 2.05) is 0 Å². The molecule has 6 nitrogen and oxygen atoms in total. The second kappa shape index (κ2) is 7.08. The van der Waals surface area contributed by atoms with Crippen LogP contribution in [0.25, 0.3) is 10.4 Å². The zero-order valence-electron chi connectivity index (χ0n) is 9.31. The number of azide groups is 1. The van der Waals surface area contributed by atoms with Crippen molar-refractivity contribution in [2.45, 2.75) is 6.04 Å². The summed E-state index contributed by atoms with van der Waals surface area (Å²) in [5, 5.41) is 6.97. The van der Waals surface area contributed by atoms with Crippen LogP contribution in [0.15, 0.2) is 23.3 Å². The SMILES string of the molecule is [N-]=[N+]=NCCNC(C(N)=O)c1ccc(Cl)c(Cl)c1. The first-order valence-corrected chi connectivity index (χ1v) is 5.80. The molecule has 1 aromatic carbocycles. The minimum Gasteiger partial charge on any atom is -0.368 e. The molecule has 1 aromatic rings. The lowest BCUT2D eigenvalue weighted by Crippen LogP contribution is -2.34. The summed E-state index contributed by atoms with van der Waals surface area (Å²) >= 11 is 11.7. The Morgan fingerprint density at radius 1 is 1.50 bits per heavy atom. The third kappa shape index (κ3) is 4.09. The lowest BCUT2D eigenvalue weighted by molar-refractivity contribution is -0.120. The van der Waals surface area contributed by atoms with Gasteiger partial charge in [0, 0.05) is 18.0 Å². The predicted molar refractivity (Wildman–Crippen MR) is 70.4 cm³/mol. The Balaban J connectivity index is 2.80. The Bertz CT molecular complexity index is 487. The Morgan fingerprint density at radius 2 is 2.22 bits per heavy atom. The van der Waals surface area contributed by atoms with Crippen molar-refractivity contribution in [3.63, 3.8) is 0 Å². The Labute approximate surface area is 114 Å². The van der Waals surface area contributed by atoms with Gasteiger partial charge >= 0.3 is 0 Å². The summed E-state index contributed by atoms with van der Waals surface area (Å²) in [7, 11) is 0. The first kappa shape index (κ1) is 14.6. The van der Waals surface area contributed by atoms with Crippen LogP contribution in [0.5, 0.6) is 0 Å². The third-order valence-electron chi connectivity index (χ3n) is 2.19. The normalized spacial score (nSPS) is 11.7. The van der Waals surface area contributed by atoms with Crippen LogP contribution >= 0.6 is 23.2 Å². The average Bonchev–Trinajstić information content (AvgIpc) is 2.32. The number of halogens is 2. The van der Waals surface area contributed by atoms with E-state index in [1.54, 1.807) is 18.2 Å². The number of benzene rings is 1. The van der Waals surface area contributed by atoms with Gasteiger partial charge in [-0.05, 0) is 23.2 Å². The number of hydrogen-bond acceptors (Lipinski definition) is 3.